The van der Waals surface area contributed by atoms with Crippen LogP contribution in [0.15, 0.2) is 0 Å². The van der Waals surface area contributed by atoms with Crippen molar-refractivity contribution in [2.45, 2.75) is 44.6 Å². The van der Waals surface area contributed by atoms with Crippen molar-refractivity contribution in [2.75, 3.05) is 11.9 Å². The van der Waals surface area contributed by atoms with Gasteiger partial charge in [0, 0.05) is 24.0 Å². The van der Waals surface area contributed by atoms with E-state index < -0.39 is 5.60 Å². The third-order valence-electron chi connectivity index (χ3n) is 2.77. The zero-order chi connectivity index (χ0) is 10.9. The molecule has 0 aliphatic heterocycles. The van der Waals surface area contributed by atoms with Crippen LogP contribution >= 0.6 is 11.5 Å². The lowest BCUT2D eigenvalue weighted by Crippen LogP contribution is -2.32. The second-order valence-electron chi connectivity index (χ2n) is 4.44. The Bertz CT molecular complexity index is 333. The first-order valence-corrected chi connectivity index (χ1v) is 6.18. The van der Waals surface area contributed by atoms with E-state index in [1.54, 1.807) is 0 Å². The lowest BCUT2D eigenvalue weighted by Gasteiger charge is -2.20. The van der Waals surface area contributed by atoms with Gasteiger partial charge in [-0.05, 0) is 26.2 Å². The minimum atomic E-state index is -0.661. The molecule has 1 fully saturated rings. The second kappa shape index (κ2) is 4.06. The molecule has 1 heterocycles. The van der Waals surface area contributed by atoms with E-state index in [9.17, 15) is 5.11 Å². The highest BCUT2D eigenvalue weighted by atomic mass is 32.1. The molecule has 4 nitrogen and oxygen atoms in total. The highest BCUT2D eigenvalue weighted by Crippen LogP contribution is 2.39. The van der Waals surface area contributed by atoms with Gasteiger partial charge < -0.3 is 10.4 Å². The Labute approximate surface area is 93.9 Å². The molecule has 1 aromatic rings. The van der Waals surface area contributed by atoms with Crippen LogP contribution in [0.4, 0.5) is 5.13 Å². The van der Waals surface area contributed by atoms with Gasteiger partial charge in [-0.25, -0.2) is 4.98 Å². The third-order valence-corrected chi connectivity index (χ3v) is 3.45. The third kappa shape index (κ3) is 2.89. The number of rotatable bonds is 5. The van der Waals surface area contributed by atoms with Crippen molar-refractivity contribution in [3.05, 3.63) is 5.82 Å². The van der Waals surface area contributed by atoms with Gasteiger partial charge in [-0.15, -0.1) is 0 Å². The highest BCUT2D eigenvalue weighted by molar-refractivity contribution is 7.09. The van der Waals surface area contributed by atoms with Gasteiger partial charge in [0.15, 0.2) is 0 Å². The Balaban J connectivity index is 1.87. The maximum atomic E-state index is 9.81. The SMILES string of the molecule is CCC(C)(O)CNc1nc(C2CC2)ns1. The van der Waals surface area contributed by atoms with Crippen LogP contribution in [0.25, 0.3) is 0 Å². The minimum absolute atomic E-state index is 0.531. The molecule has 1 aliphatic carbocycles. The number of nitrogens with one attached hydrogen (secondary N) is 1. The Morgan fingerprint density at radius 2 is 2.33 bits per heavy atom. The predicted octanol–water partition coefficient (Wildman–Crippen LogP) is 1.99. The van der Waals surface area contributed by atoms with Crippen LogP contribution in [-0.2, 0) is 0 Å². The van der Waals surface area contributed by atoms with Crippen LogP contribution in [0.3, 0.4) is 0 Å². The lowest BCUT2D eigenvalue weighted by atomic mass is 10.0. The summed E-state index contributed by atoms with van der Waals surface area (Å²) in [4.78, 5) is 4.39. The van der Waals surface area contributed by atoms with E-state index in [0.717, 1.165) is 17.4 Å². The van der Waals surface area contributed by atoms with Gasteiger partial charge in [0.2, 0.25) is 5.13 Å². The second-order valence-corrected chi connectivity index (χ2v) is 5.19. The molecule has 2 N–H and O–H groups in total. The predicted molar refractivity (Wildman–Crippen MR) is 61.3 cm³/mol. The zero-order valence-corrected chi connectivity index (χ0v) is 9.97. The van der Waals surface area contributed by atoms with Crippen LogP contribution in [0.5, 0.6) is 0 Å². The van der Waals surface area contributed by atoms with Crippen LogP contribution in [0.2, 0.25) is 0 Å². The summed E-state index contributed by atoms with van der Waals surface area (Å²) in [5.74, 6) is 1.57. The molecule has 15 heavy (non-hydrogen) atoms. The molecule has 0 aromatic carbocycles. The van der Waals surface area contributed by atoms with Gasteiger partial charge in [0.1, 0.15) is 5.82 Å². The van der Waals surface area contributed by atoms with E-state index in [-0.39, 0.29) is 0 Å². The number of anilines is 1. The molecule has 84 valence electrons. The Morgan fingerprint density at radius 3 is 2.93 bits per heavy atom. The molecule has 1 unspecified atom stereocenters. The topological polar surface area (TPSA) is 58.0 Å². The number of aromatic nitrogens is 2. The van der Waals surface area contributed by atoms with E-state index in [1.807, 2.05) is 13.8 Å². The first kappa shape index (κ1) is 10.8. The fraction of sp³-hybridized carbons (Fsp3) is 0.800. The van der Waals surface area contributed by atoms with E-state index in [4.69, 9.17) is 0 Å². The summed E-state index contributed by atoms with van der Waals surface area (Å²) in [6.45, 7) is 4.32. The first-order valence-electron chi connectivity index (χ1n) is 5.40. The average molecular weight is 227 g/mol. The fourth-order valence-electron chi connectivity index (χ4n) is 1.21. The van der Waals surface area contributed by atoms with Gasteiger partial charge in [0.05, 0.1) is 5.60 Å². The maximum absolute atomic E-state index is 9.81. The molecule has 0 bridgehead atoms. The number of nitrogens with zero attached hydrogens (tertiary/aromatic N) is 2. The molecular weight excluding hydrogens is 210 g/mol. The molecule has 5 heteroatoms. The monoisotopic (exact) mass is 227 g/mol. The molecule has 0 amide bonds. The number of aliphatic hydroxyl groups is 1. The van der Waals surface area contributed by atoms with Crippen molar-refractivity contribution < 1.29 is 5.11 Å². The van der Waals surface area contributed by atoms with E-state index in [0.29, 0.717) is 12.5 Å². The largest absolute Gasteiger partial charge is 0.388 e. The summed E-state index contributed by atoms with van der Waals surface area (Å²) in [5.41, 5.74) is -0.661. The van der Waals surface area contributed by atoms with E-state index in [2.05, 4.69) is 14.7 Å². The number of hydrogen-bond acceptors (Lipinski definition) is 5. The first-order chi connectivity index (χ1) is 7.11. The minimum Gasteiger partial charge on any atom is -0.388 e. The summed E-state index contributed by atoms with van der Waals surface area (Å²) < 4.78 is 4.29. The van der Waals surface area contributed by atoms with Crippen LogP contribution in [-0.4, -0.2) is 26.6 Å². The van der Waals surface area contributed by atoms with Gasteiger partial charge >= 0.3 is 0 Å². The zero-order valence-electron chi connectivity index (χ0n) is 9.16. The molecule has 1 atom stereocenters. The molecular formula is C10H17N3OS. The smallest absolute Gasteiger partial charge is 0.202 e. The summed E-state index contributed by atoms with van der Waals surface area (Å²) in [5, 5.41) is 13.8. The summed E-state index contributed by atoms with van der Waals surface area (Å²) in [6, 6.07) is 0. The Morgan fingerprint density at radius 1 is 1.60 bits per heavy atom. The van der Waals surface area contributed by atoms with Crippen LogP contribution in [0.1, 0.15) is 44.9 Å². The summed E-state index contributed by atoms with van der Waals surface area (Å²) in [7, 11) is 0. The van der Waals surface area contributed by atoms with Crippen molar-refractivity contribution in [3.63, 3.8) is 0 Å². The van der Waals surface area contributed by atoms with Crippen LogP contribution in [0, 0.1) is 0 Å². The summed E-state index contributed by atoms with van der Waals surface area (Å²) >= 11 is 1.39. The average Bonchev–Trinajstić information content (AvgIpc) is 2.96. The Hall–Kier alpha value is -0.680. The summed E-state index contributed by atoms with van der Waals surface area (Å²) in [6.07, 6.45) is 3.18. The quantitative estimate of drug-likeness (QED) is 0.807. The van der Waals surface area contributed by atoms with Gasteiger partial charge in [-0.1, -0.05) is 6.92 Å². The maximum Gasteiger partial charge on any atom is 0.202 e. The fourth-order valence-corrected chi connectivity index (χ4v) is 1.85. The van der Waals surface area contributed by atoms with Gasteiger partial charge in [-0.3, -0.25) is 0 Å². The molecule has 1 aromatic heterocycles. The molecule has 1 aliphatic rings. The Kier molecular flexibility index (Phi) is 2.93. The molecule has 2 rings (SSSR count). The van der Waals surface area contributed by atoms with E-state index in [1.165, 1.54) is 24.4 Å². The molecule has 0 spiro atoms. The highest BCUT2D eigenvalue weighted by Gasteiger charge is 2.28. The van der Waals surface area contributed by atoms with E-state index >= 15 is 0 Å². The molecule has 0 saturated heterocycles. The number of hydrogen-bond donors (Lipinski definition) is 2. The van der Waals surface area contributed by atoms with Gasteiger partial charge in [0.25, 0.3) is 0 Å². The van der Waals surface area contributed by atoms with Gasteiger partial charge in [-0.2, -0.15) is 4.37 Å². The van der Waals surface area contributed by atoms with Crippen LogP contribution < -0.4 is 5.32 Å². The lowest BCUT2D eigenvalue weighted by molar-refractivity contribution is 0.0697. The van der Waals surface area contributed by atoms with Crippen molar-refractivity contribution >= 4 is 16.7 Å². The molecule has 0 radical (unpaired) electrons. The van der Waals surface area contributed by atoms with Crippen molar-refractivity contribution in [1.82, 2.24) is 9.36 Å². The van der Waals surface area contributed by atoms with Crippen molar-refractivity contribution in [3.8, 4) is 0 Å². The standard InChI is InChI=1S/C10H17N3OS/c1-3-10(2,14)6-11-9-12-8(13-15-9)7-4-5-7/h7,14H,3-6H2,1-2H3,(H,11,12,13). The molecule has 1 saturated carbocycles. The van der Waals surface area contributed by atoms with Crippen molar-refractivity contribution in [1.29, 1.82) is 0 Å². The van der Waals surface area contributed by atoms with Crippen molar-refractivity contribution in [2.24, 2.45) is 0 Å². The normalized spacial score (nSPS) is 19.9.